The van der Waals surface area contributed by atoms with Gasteiger partial charge in [0.2, 0.25) is 0 Å². The predicted octanol–water partition coefficient (Wildman–Crippen LogP) is 1.90. The minimum atomic E-state index is -0.859. The van der Waals surface area contributed by atoms with E-state index in [4.69, 9.17) is 11.6 Å². The van der Waals surface area contributed by atoms with Crippen LogP contribution in [0, 0.1) is 6.92 Å². The summed E-state index contributed by atoms with van der Waals surface area (Å²) in [5.41, 5.74) is 1.73. The van der Waals surface area contributed by atoms with Crippen LogP contribution >= 0.6 is 11.6 Å². The van der Waals surface area contributed by atoms with E-state index in [1.165, 1.54) is 7.11 Å². The van der Waals surface area contributed by atoms with Crippen LogP contribution in [0.15, 0.2) is 24.3 Å². The highest BCUT2D eigenvalue weighted by molar-refractivity contribution is 6.20. The fraction of sp³-hybridized carbons (Fsp3) is 0.333. The van der Waals surface area contributed by atoms with E-state index in [2.05, 4.69) is 15.4 Å². The average molecular weight is 271 g/mol. The van der Waals surface area contributed by atoms with E-state index in [-0.39, 0.29) is 5.88 Å². The van der Waals surface area contributed by atoms with E-state index in [1.807, 2.05) is 19.1 Å². The van der Waals surface area contributed by atoms with Crippen molar-refractivity contribution >= 4 is 29.3 Å². The Morgan fingerprint density at radius 1 is 1.33 bits per heavy atom. The van der Waals surface area contributed by atoms with Gasteiger partial charge in [0, 0.05) is 5.69 Å². The Labute approximate surface area is 110 Å². The maximum Gasteiger partial charge on any atom is 0.329 e. The summed E-state index contributed by atoms with van der Waals surface area (Å²) in [5.74, 6) is -0.627. The maximum absolute atomic E-state index is 11.6. The van der Waals surface area contributed by atoms with E-state index in [0.717, 1.165) is 5.56 Å². The Hall–Kier alpha value is -1.75. The van der Waals surface area contributed by atoms with Crippen molar-refractivity contribution in [2.24, 2.45) is 0 Å². The first-order valence-corrected chi connectivity index (χ1v) is 5.88. The van der Waals surface area contributed by atoms with Crippen LogP contribution in [0.25, 0.3) is 0 Å². The molecule has 6 heteroatoms. The lowest BCUT2D eigenvalue weighted by molar-refractivity contribution is -0.142. The molecule has 2 amide bonds. The summed E-state index contributed by atoms with van der Waals surface area (Å²) < 4.78 is 4.50. The van der Waals surface area contributed by atoms with Crippen LogP contribution < -0.4 is 10.6 Å². The molecule has 1 aromatic carbocycles. The van der Waals surface area contributed by atoms with Crippen molar-refractivity contribution in [3.8, 4) is 0 Å². The van der Waals surface area contributed by atoms with Gasteiger partial charge in [-0.3, -0.25) is 0 Å². The molecule has 1 aromatic rings. The molecule has 18 heavy (non-hydrogen) atoms. The van der Waals surface area contributed by atoms with E-state index in [9.17, 15) is 9.59 Å². The van der Waals surface area contributed by atoms with Crippen LogP contribution in [0.4, 0.5) is 10.5 Å². The van der Waals surface area contributed by atoms with Gasteiger partial charge in [-0.2, -0.15) is 0 Å². The molecule has 98 valence electrons. The van der Waals surface area contributed by atoms with Crippen LogP contribution in [0.5, 0.6) is 0 Å². The normalized spacial score (nSPS) is 11.5. The second-order valence-electron chi connectivity index (χ2n) is 3.69. The van der Waals surface area contributed by atoms with Crippen molar-refractivity contribution in [3.63, 3.8) is 0 Å². The average Bonchev–Trinajstić information content (AvgIpc) is 2.37. The summed E-state index contributed by atoms with van der Waals surface area (Å²) in [5, 5.41) is 5.02. The maximum atomic E-state index is 11.6. The highest BCUT2D eigenvalue weighted by Crippen LogP contribution is 2.08. The number of rotatable bonds is 4. The van der Waals surface area contributed by atoms with E-state index in [0.29, 0.717) is 5.69 Å². The smallest absolute Gasteiger partial charge is 0.329 e. The Bertz CT molecular complexity index is 420. The topological polar surface area (TPSA) is 67.4 Å². The number of carbonyl (C=O) groups is 2. The van der Waals surface area contributed by atoms with Crippen LogP contribution in [-0.2, 0) is 9.53 Å². The van der Waals surface area contributed by atoms with Crippen molar-refractivity contribution in [2.75, 3.05) is 18.3 Å². The third-order valence-corrected chi connectivity index (χ3v) is 2.56. The number of carbonyl (C=O) groups excluding carboxylic acids is 2. The van der Waals surface area contributed by atoms with E-state index >= 15 is 0 Å². The van der Waals surface area contributed by atoms with Gasteiger partial charge < -0.3 is 15.4 Å². The Kier molecular flexibility index (Phi) is 5.45. The number of hydrogen-bond acceptors (Lipinski definition) is 3. The lowest BCUT2D eigenvalue weighted by atomic mass is 10.2. The summed E-state index contributed by atoms with van der Waals surface area (Å²) in [7, 11) is 1.24. The largest absolute Gasteiger partial charge is 0.467 e. The molecule has 5 nitrogen and oxygen atoms in total. The quantitative estimate of drug-likeness (QED) is 0.649. The molecule has 0 saturated heterocycles. The van der Waals surface area contributed by atoms with Gasteiger partial charge in [-0.1, -0.05) is 17.7 Å². The number of hydrogen-bond donors (Lipinski definition) is 2. The van der Waals surface area contributed by atoms with E-state index in [1.54, 1.807) is 12.1 Å². The minimum absolute atomic E-state index is 0.0476. The molecule has 0 saturated carbocycles. The van der Waals surface area contributed by atoms with Crippen molar-refractivity contribution in [2.45, 2.75) is 13.0 Å². The number of alkyl halides is 1. The summed E-state index contributed by atoms with van der Waals surface area (Å²) in [6, 6.07) is 5.91. The van der Waals surface area contributed by atoms with Gasteiger partial charge in [-0.25, -0.2) is 9.59 Å². The lowest BCUT2D eigenvalue weighted by Gasteiger charge is -2.14. The molecule has 0 aliphatic rings. The van der Waals surface area contributed by atoms with Crippen LogP contribution in [-0.4, -0.2) is 31.0 Å². The van der Waals surface area contributed by atoms with Gasteiger partial charge in [-0.15, -0.1) is 11.6 Å². The third kappa shape index (κ3) is 4.25. The van der Waals surface area contributed by atoms with E-state index < -0.39 is 18.0 Å². The first-order valence-electron chi connectivity index (χ1n) is 5.34. The fourth-order valence-corrected chi connectivity index (χ4v) is 1.47. The zero-order valence-electron chi connectivity index (χ0n) is 10.2. The van der Waals surface area contributed by atoms with Crippen molar-refractivity contribution < 1.29 is 14.3 Å². The molecule has 0 heterocycles. The number of anilines is 1. The predicted molar refractivity (Wildman–Crippen MR) is 69.9 cm³/mol. The minimum Gasteiger partial charge on any atom is -0.467 e. The number of esters is 1. The van der Waals surface area contributed by atoms with Crippen molar-refractivity contribution in [1.29, 1.82) is 0 Å². The highest BCUT2D eigenvalue weighted by Gasteiger charge is 2.20. The monoisotopic (exact) mass is 270 g/mol. The second-order valence-corrected chi connectivity index (χ2v) is 4.00. The van der Waals surface area contributed by atoms with Gasteiger partial charge in [0.25, 0.3) is 0 Å². The van der Waals surface area contributed by atoms with Crippen molar-refractivity contribution in [3.05, 3.63) is 29.8 Å². The van der Waals surface area contributed by atoms with Crippen molar-refractivity contribution in [1.82, 2.24) is 5.32 Å². The van der Waals surface area contributed by atoms with Crippen LogP contribution in [0.2, 0.25) is 0 Å². The summed E-state index contributed by atoms with van der Waals surface area (Å²) >= 11 is 5.57. The zero-order valence-corrected chi connectivity index (χ0v) is 11.0. The Balaban J connectivity index is 2.55. The van der Waals surface area contributed by atoms with Gasteiger partial charge in [0.15, 0.2) is 0 Å². The molecule has 0 aliphatic heterocycles. The molecule has 0 spiro atoms. The van der Waals surface area contributed by atoms with Gasteiger partial charge in [0.05, 0.1) is 13.0 Å². The first-order chi connectivity index (χ1) is 8.56. The lowest BCUT2D eigenvalue weighted by Crippen LogP contribution is -2.44. The molecular formula is C12H15ClN2O3. The Morgan fingerprint density at radius 2 is 1.94 bits per heavy atom. The first kappa shape index (κ1) is 14.3. The number of halogens is 1. The summed E-state index contributed by atoms with van der Waals surface area (Å²) in [6.45, 7) is 1.95. The molecule has 1 atom stereocenters. The molecule has 1 rings (SSSR count). The van der Waals surface area contributed by atoms with Gasteiger partial charge in [-0.05, 0) is 19.1 Å². The van der Waals surface area contributed by atoms with Gasteiger partial charge in [0.1, 0.15) is 6.04 Å². The molecular weight excluding hydrogens is 256 g/mol. The number of aryl methyl sites for hydroxylation is 1. The van der Waals surface area contributed by atoms with Gasteiger partial charge >= 0.3 is 12.0 Å². The zero-order chi connectivity index (χ0) is 13.5. The standard InChI is InChI=1S/C12H15ClN2O3/c1-8-3-5-9(6-4-8)14-12(17)15-10(7-13)11(16)18-2/h3-6,10H,7H2,1-2H3,(H2,14,15,17). The van der Waals surface area contributed by atoms with Crippen LogP contribution in [0.1, 0.15) is 5.56 Å². The summed E-state index contributed by atoms with van der Waals surface area (Å²) in [6.07, 6.45) is 0. The number of benzene rings is 1. The molecule has 2 N–H and O–H groups in total. The SMILES string of the molecule is COC(=O)C(CCl)NC(=O)Nc1ccc(C)cc1. The Morgan fingerprint density at radius 3 is 2.44 bits per heavy atom. The van der Waals surface area contributed by atoms with Crippen LogP contribution in [0.3, 0.4) is 0 Å². The number of nitrogens with one attached hydrogen (secondary N) is 2. The molecule has 0 aromatic heterocycles. The number of urea groups is 1. The number of amides is 2. The number of ether oxygens (including phenoxy) is 1. The number of methoxy groups -OCH3 is 1. The second kappa shape index (κ2) is 6.86. The molecule has 0 aliphatic carbocycles. The fourth-order valence-electron chi connectivity index (χ4n) is 1.27. The summed E-state index contributed by atoms with van der Waals surface area (Å²) in [4.78, 5) is 22.8. The molecule has 0 radical (unpaired) electrons. The molecule has 0 fully saturated rings. The molecule has 0 bridgehead atoms. The highest BCUT2D eigenvalue weighted by atomic mass is 35.5. The third-order valence-electron chi connectivity index (χ3n) is 2.25. The molecule has 1 unspecified atom stereocenters.